The summed E-state index contributed by atoms with van der Waals surface area (Å²) < 4.78 is 10.3. The van der Waals surface area contributed by atoms with E-state index in [0.717, 1.165) is 13.1 Å². The van der Waals surface area contributed by atoms with Crippen molar-refractivity contribution in [3.8, 4) is 0 Å². The average molecular weight is 202 g/mol. The zero-order chi connectivity index (χ0) is 10.4. The molecule has 5 nitrogen and oxygen atoms in total. The number of rotatable bonds is 4. The van der Waals surface area contributed by atoms with Crippen LogP contribution in [-0.2, 0) is 14.3 Å². The van der Waals surface area contributed by atoms with E-state index in [1.165, 1.54) is 7.11 Å². The van der Waals surface area contributed by atoms with E-state index in [0.29, 0.717) is 13.2 Å². The minimum atomic E-state index is -0.397. The first-order valence-corrected chi connectivity index (χ1v) is 4.87. The number of ether oxygens (including phenoxy) is 2. The zero-order valence-electron chi connectivity index (χ0n) is 8.71. The van der Waals surface area contributed by atoms with Crippen LogP contribution in [0, 0.1) is 0 Å². The minimum absolute atomic E-state index is 0.0803. The first-order chi connectivity index (χ1) is 6.74. The molecule has 0 aliphatic carbocycles. The predicted octanol–water partition coefficient (Wildman–Crippen LogP) is -0.874. The Kier molecular flexibility index (Phi) is 4.86. The van der Waals surface area contributed by atoms with E-state index in [4.69, 9.17) is 9.47 Å². The van der Waals surface area contributed by atoms with E-state index in [1.807, 2.05) is 0 Å². The highest BCUT2D eigenvalue weighted by Crippen LogP contribution is 1.94. The van der Waals surface area contributed by atoms with E-state index in [9.17, 15) is 4.79 Å². The Morgan fingerprint density at radius 2 is 2.57 bits per heavy atom. The molecule has 0 aromatic heterocycles. The smallest absolute Gasteiger partial charge is 0.248 e. The van der Waals surface area contributed by atoms with Gasteiger partial charge in [-0.1, -0.05) is 0 Å². The van der Waals surface area contributed by atoms with Gasteiger partial charge in [-0.25, -0.2) is 0 Å². The molecule has 2 unspecified atom stereocenters. The zero-order valence-corrected chi connectivity index (χ0v) is 8.71. The number of methoxy groups -OCH3 is 1. The van der Waals surface area contributed by atoms with Gasteiger partial charge in [0.2, 0.25) is 5.91 Å². The Labute approximate surface area is 84.1 Å². The third-order valence-corrected chi connectivity index (χ3v) is 2.23. The van der Waals surface area contributed by atoms with E-state index < -0.39 is 6.10 Å². The van der Waals surface area contributed by atoms with Gasteiger partial charge >= 0.3 is 0 Å². The van der Waals surface area contributed by atoms with Crippen LogP contribution < -0.4 is 10.6 Å². The van der Waals surface area contributed by atoms with Crippen LogP contribution >= 0.6 is 0 Å². The van der Waals surface area contributed by atoms with Crippen LogP contribution in [0.25, 0.3) is 0 Å². The fourth-order valence-electron chi connectivity index (χ4n) is 1.22. The highest BCUT2D eigenvalue weighted by molar-refractivity contribution is 5.80. The van der Waals surface area contributed by atoms with Gasteiger partial charge in [0.25, 0.3) is 0 Å². The first kappa shape index (κ1) is 11.4. The molecule has 1 fully saturated rings. The normalized spacial score (nSPS) is 24.3. The van der Waals surface area contributed by atoms with Crippen molar-refractivity contribution in [2.75, 3.05) is 33.4 Å². The van der Waals surface area contributed by atoms with Crippen molar-refractivity contribution in [1.29, 1.82) is 0 Å². The van der Waals surface area contributed by atoms with E-state index in [1.54, 1.807) is 6.92 Å². The number of hydrogen-bond acceptors (Lipinski definition) is 4. The largest absolute Gasteiger partial charge is 0.374 e. The van der Waals surface area contributed by atoms with Gasteiger partial charge < -0.3 is 20.1 Å². The van der Waals surface area contributed by atoms with Crippen LogP contribution in [0.2, 0.25) is 0 Å². The Morgan fingerprint density at radius 3 is 3.14 bits per heavy atom. The van der Waals surface area contributed by atoms with Crippen LogP contribution in [0.5, 0.6) is 0 Å². The molecule has 1 saturated heterocycles. The summed E-state index contributed by atoms with van der Waals surface area (Å²) in [6.45, 7) is 4.65. The number of hydrogen-bond donors (Lipinski definition) is 2. The molecule has 2 N–H and O–H groups in total. The first-order valence-electron chi connectivity index (χ1n) is 4.87. The van der Waals surface area contributed by atoms with Gasteiger partial charge in [-0.15, -0.1) is 0 Å². The van der Waals surface area contributed by atoms with Gasteiger partial charge in [0, 0.05) is 26.7 Å². The predicted molar refractivity (Wildman–Crippen MR) is 52.1 cm³/mol. The van der Waals surface area contributed by atoms with E-state index in [-0.39, 0.29) is 12.0 Å². The standard InChI is InChI=1S/C9H18N2O3/c1-7(13-2)9(12)11-6-8-5-10-3-4-14-8/h7-8,10H,3-6H2,1-2H3,(H,11,12). The molecule has 14 heavy (non-hydrogen) atoms. The summed E-state index contributed by atoms with van der Waals surface area (Å²) >= 11 is 0. The van der Waals surface area contributed by atoms with Crippen molar-refractivity contribution in [2.24, 2.45) is 0 Å². The fourth-order valence-corrected chi connectivity index (χ4v) is 1.22. The maximum absolute atomic E-state index is 11.3. The van der Waals surface area contributed by atoms with Crippen molar-refractivity contribution < 1.29 is 14.3 Å². The lowest BCUT2D eigenvalue weighted by molar-refractivity contribution is -0.130. The summed E-state index contributed by atoms with van der Waals surface area (Å²) in [5, 5.41) is 5.97. The lowest BCUT2D eigenvalue weighted by atomic mass is 10.3. The Balaban J connectivity index is 2.15. The van der Waals surface area contributed by atoms with Crippen LogP contribution in [0.4, 0.5) is 0 Å². The number of carbonyl (C=O) groups excluding carboxylic acids is 1. The van der Waals surface area contributed by atoms with Gasteiger partial charge in [0.1, 0.15) is 6.10 Å². The van der Waals surface area contributed by atoms with Crippen LogP contribution in [0.3, 0.4) is 0 Å². The summed E-state index contributed by atoms with van der Waals surface area (Å²) in [6.07, 6.45) is -0.316. The molecule has 1 aliphatic heterocycles. The average Bonchev–Trinajstić information content (AvgIpc) is 2.26. The second kappa shape index (κ2) is 5.95. The van der Waals surface area contributed by atoms with Crippen LogP contribution in [0.1, 0.15) is 6.92 Å². The van der Waals surface area contributed by atoms with Gasteiger partial charge in [-0.2, -0.15) is 0 Å². The maximum Gasteiger partial charge on any atom is 0.248 e. The highest BCUT2D eigenvalue weighted by atomic mass is 16.5. The van der Waals surface area contributed by atoms with E-state index in [2.05, 4.69) is 10.6 Å². The van der Waals surface area contributed by atoms with Crippen molar-refractivity contribution in [3.05, 3.63) is 0 Å². The second-order valence-electron chi connectivity index (χ2n) is 3.32. The number of amides is 1. The summed E-state index contributed by atoms with van der Waals surface area (Å²) in [5.74, 6) is -0.0957. The van der Waals surface area contributed by atoms with Crippen molar-refractivity contribution in [2.45, 2.75) is 19.1 Å². The quantitative estimate of drug-likeness (QED) is 0.622. The lowest BCUT2D eigenvalue weighted by Crippen LogP contribution is -2.46. The maximum atomic E-state index is 11.3. The molecule has 0 spiro atoms. The molecule has 2 atom stereocenters. The molecule has 1 aliphatic rings. The highest BCUT2D eigenvalue weighted by Gasteiger charge is 2.16. The van der Waals surface area contributed by atoms with E-state index >= 15 is 0 Å². The molecule has 0 aromatic rings. The van der Waals surface area contributed by atoms with Crippen LogP contribution in [-0.4, -0.2) is 51.5 Å². The SMILES string of the molecule is COC(C)C(=O)NCC1CNCCO1. The molecule has 0 bridgehead atoms. The molecule has 1 amide bonds. The number of carbonyl (C=O) groups is 1. The molecule has 0 saturated carbocycles. The summed E-state index contributed by atoms with van der Waals surface area (Å²) in [6, 6.07) is 0. The lowest BCUT2D eigenvalue weighted by Gasteiger charge is -2.24. The molecular formula is C9H18N2O3. The summed E-state index contributed by atoms with van der Waals surface area (Å²) in [5.41, 5.74) is 0. The third-order valence-electron chi connectivity index (χ3n) is 2.23. The van der Waals surface area contributed by atoms with Crippen LogP contribution in [0.15, 0.2) is 0 Å². The van der Waals surface area contributed by atoms with Crippen molar-refractivity contribution in [3.63, 3.8) is 0 Å². The molecule has 0 radical (unpaired) electrons. The Bertz CT molecular complexity index is 181. The fraction of sp³-hybridized carbons (Fsp3) is 0.889. The van der Waals surface area contributed by atoms with Gasteiger partial charge in [0.15, 0.2) is 0 Å². The molecular weight excluding hydrogens is 184 g/mol. The summed E-state index contributed by atoms with van der Waals surface area (Å²) in [4.78, 5) is 11.3. The van der Waals surface area contributed by atoms with Crippen molar-refractivity contribution in [1.82, 2.24) is 10.6 Å². The molecule has 0 aromatic carbocycles. The van der Waals surface area contributed by atoms with Gasteiger partial charge in [-0.05, 0) is 6.92 Å². The van der Waals surface area contributed by atoms with Crippen molar-refractivity contribution >= 4 is 5.91 Å². The second-order valence-corrected chi connectivity index (χ2v) is 3.32. The Morgan fingerprint density at radius 1 is 1.79 bits per heavy atom. The Hall–Kier alpha value is -0.650. The van der Waals surface area contributed by atoms with Gasteiger partial charge in [0.05, 0.1) is 12.7 Å². The minimum Gasteiger partial charge on any atom is -0.374 e. The molecule has 1 rings (SSSR count). The number of morpholine rings is 1. The molecule has 5 heteroatoms. The molecule has 82 valence electrons. The third kappa shape index (κ3) is 3.61. The number of nitrogens with one attached hydrogen (secondary N) is 2. The summed E-state index contributed by atoms with van der Waals surface area (Å²) in [7, 11) is 1.52. The topological polar surface area (TPSA) is 59.6 Å². The van der Waals surface area contributed by atoms with Gasteiger partial charge in [-0.3, -0.25) is 4.79 Å². The molecule has 1 heterocycles. The monoisotopic (exact) mass is 202 g/mol.